The molecule has 0 N–H and O–H groups in total. The molecule has 7 nitrogen and oxygen atoms in total. The molecule has 1 aromatic heterocycles. The van der Waals surface area contributed by atoms with Gasteiger partial charge in [-0.25, -0.2) is 14.4 Å². The van der Waals surface area contributed by atoms with Gasteiger partial charge < -0.3 is 19.3 Å². The lowest BCUT2D eigenvalue weighted by molar-refractivity contribution is 0.0762. The molecule has 0 radical (unpaired) electrons. The minimum absolute atomic E-state index is 0.0327. The third kappa shape index (κ3) is 3.91. The molecule has 4 heterocycles. The molecular weight excluding hydrogens is 447 g/mol. The number of morpholine rings is 1. The van der Waals surface area contributed by atoms with Gasteiger partial charge in [-0.2, -0.15) is 0 Å². The Morgan fingerprint density at radius 2 is 1.80 bits per heavy atom. The maximum Gasteiger partial charge on any atom is 0.254 e. The Bertz CT molecular complexity index is 1240. The van der Waals surface area contributed by atoms with Crippen molar-refractivity contribution in [1.29, 1.82) is 0 Å². The molecule has 3 aromatic rings. The van der Waals surface area contributed by atoms with Crippen LogP contribution in [0.25, 0.3) is 11.1 Å². The molecule has 1 unspecified atom stereocenters. The van der Waals surface area contributed by atoms with Crippen molar-refractivity contribution < 1.29 is 18.7 Å². The number of alkyl halides is 1. The number of hydrogen-bond donors (Lipinski definition) is 0. The summed E-state index contributed by atoms with van der Waals surface area (Å²) < 4.78 is 24.6. The Morgan fingerprint density at radius 3 is 2.57 bits per heavy atom. The molecule has 0 bridgehead atoms. The lowest BCUT2D eigenvalue weighted by Crippen LogP contribution is -2.37. The minimum Gasteiger partial charge on any atom is -0.460 e. The number of aromatic nitrogens is 2. The van der Waals surface area contributed by atoms with Crippen molar-refractivity contribution in [1.82, 2.24) is 14.9 Å². The molecule has 1 amide bonds. The molecule has 3 atom stereocenters. The molecule has 35 heavy (non-hydrogen) atoms. The summed E-state index contributed by atoms with van der Waals surface area (Å²) >= 11 is 0. The molecule has 3 aliphatic heterocycles. The third-order valence-electron chi connectivity index (χ3n) is 7.13. The fraction of sp³-hybridized carbons (Fsp3) is 0.370. The Morgan fingerprint density at radius 1 is 1.03 bits per heavy atom. The maximum absolute atomic E-state index is 13.7. The standard InChI is InChI=1S/C27H27FN4O3/c1-17(28)35-24-5-3-2-4-20(24)21-8-9-32-25(21)23-14-18(6-7-22(23)26(32)33)19-15-29-27(30-16-19)31-10-12-34-13-11-31/h2-7,14-17,21,25H,8-13H2,1H3/t17?,21-,25-/m1/s1. The first-order valence-electron chi connectivity index (χ1n) is 12.1. The Balaban J connectivity index is 1.33. The average molecular weight is 475 g/mol. The van der Waals surface area contributed by atoms with Gasteiger partial charge in [0.25, 0.3) is 5.91 Å². The van der Waals surface area contributed by atoms with Crippen molar-refractivity contribution in [2.45, 2.75) is 31.7 Å². The number of para-hydroxylation sites is 1. The zero-order valence-electron chi connectivity index (χ0n) is 19.6. The highest BCUT2D eigenvalue weighted by atomic mass is 19.1. The quantitative estimate of drug-likeness (QED) is 0.548. The summed E-state index contributed by atoms with van der Waals surface area (Å²) in [5.41, 5.74) is 4.54. The van der Waals surface area contributed by atoms with E-state index in [4.69, 9.17) is 9.47 Å². The lowest BCUT2D eigenvalue weighted by atomic mass is 9.86. The summed E-state index contributed by atoms with van der Waals surface area (Å²) in [7, 11) is 0. The SMILES string of the molecule is CC(F)Oc1ccccc1[C@H]1CCN2C(=O)c3ccc(-c4cnc(N5CCOCC5)nc4)cc3[C@@H]12. The number of anilines is 1. The van der Waals surface area contributed by atoms with Crippen LogP contribution >= 0.6 is 0 Å². The van der Waals surface area contributed by atoms with Crippen LogP contribution in [0.15, 0.2) is 54.9 Å². The van der Waals surface area contributed by atoms with Crippen molar-refractivity contribution in [2.24, 2.45) is 0 Å². The second-order valence-electron chi connectivity index (χ2n) is 9.21. The molecule has 0 spiro atoms. The monoisotopic (exact) mass is 474 g/mol. The van der Waals surface area contributed by atoms with Gasteiger partial charge in [0, 0.05) is 56.0 Å². The Kier molecular flexibility index (Phi) is 5.60. The van der Waals surface area contributed by atoms with Crippen LogP contribution in [0.2, 0.25) is 0 Å². The number of hydrogen-bond acceptors (Lipinski definition) is 6. The molecule has 6 rings (SSSR count). The van der Waals surface area contributed by atoms with E-state index in [1.807, 2.05) is 47.6 Å². The molecular formula is C27H27FN4O3. The van der Waals surface area contributed by atoms with Crippen LogP contribution < -0.4 is 9.64 Å². The number of amides is 1. The highest BCUT2D eigenvalue weighted by molar-refractivity contribution is 6.00. The normalized spacial score (nSPS) is 22.2. The molecule has 180 valence electrons. The second kappa shape index (κ2) is 8.92. The van der Waals surface area contributed by atoms with Crippen LogP contribution in [0.4, 0.5) is 10.3 Å². The fourth-order valence-corrected chi connectivity index (χ4v) is 5.53. The highest BCUT2D eigenvalue weighted by Crippen LogP contribution is 2.51. The summed E-state index contributed by atoms with van der Waals surface area (Å²) in [5.74, 6) is 1.33. The van der Waals surface area contributed by atoms with Gasteiger partial charge in [0.15, 0.2) is 0 Å². The van der Waals surface area contributed by atoms with E-state index in [0.29, 0.717) is 31.5 Å². The summed E-state index contributed by atoms with van der Waals surface area (Å²) in [6, 6.07) is 13.4. The summed E-state index contributed by atoms with van der Waals surface area (Å²) in [5, 5.41) is 0. The fourth-order valence-electron chi connectivity index (χ4n) is 5.53. The first kappa shape index (κ1) is 22.0. The largest absolute Gasteiger partial charge is 0.460 e. The van der Waals surface area contributed by atoms with E-state index in [1.54, 1.807) is 6.07 Å². The Hall–Kier alpha value is -3.52. The number of rotatable bonds is 5. The summed E-state index contributed by atoms with van der Waals surface area (Å²) in [6.45, 7) is 4.97. The van der Waals surface area contributed by atoms with Gasteiger partial charge in [0.2, 0.25) is 12.3 Å². The highest BCUT2D eigenvalue weighted by Gasteiger charge is 2.46. The third-order valence-corrected chi connectivity index (χ3v) is 7.13. The second-order valence-corrected chi connectivity index (χ2v) is 9.21. The topological polar surface area (TPSA) is 67.8 Å². The molecule has 0 saturated carbocycles. The van der Waals surface area contributed by atoms with Gasteiger partial charge in [-0.1, -0.05) is 24.3 Å². The predicted octanol–water partition coefficient (Wildman–Crippen LogP) is 4.36. The molecule has 8 heteroatoms. The number of carbonyl (C=O) groups excluding carboxylic acids is 1. The minimum atomic E-state index is -1.40. The zero-order chi connectivity index (χ0) is 23.9. The number of carbonyl (C=O) groups is 1. The van der Waals surface area contributed by atoms with Gasteiger partial charge in [-0.3, -0.25) is 4.79 Å². The van der Waals surface area contributed by atoms with E-state index in [1.165, 1.54) is 6.92 Å². The van der Waals surface area contributed by atoms with Crippen LogP contribution in [0.5, 0.6) is 5.75 Å². The van der Waals surface area contributed by atoms with Crippen molar-refractivity contribution in [3.8, 4) is 16.9 Å². The number of ether oxygens (including phenoxy) is 2. The maximum atomic E-state index is 13.7. The molecule has 2 saturated heterocycles. The smallest absolute Gasteiger partial charge is 0.254 e. The average Bonchev–Trinajstić information content (AvgIpc) is 3.44. The number of nitrogens with zero attached hydrogens (tertiary/aromatic N) is 4. The van der Waals surface area contributed by atoms with E-state index in [-0.39, 0.29) is 17.9 Å². The predicted molar refractivity (Wildman–Crippen MR) is 129 cm³/mol. The van der Waals surface area contributed by atoms with E-state index >= 15 is 0 Å². The van der Waals surface area contributed by atoms with E-state index in [0.717, 1.165) is 47.3 Å². The molecule has 2 aromatic carbocycles. The summed E-state index contributed by atoms with van der Waals surface area (Å²) in [4.78, 5) is 26.4. The van der Waals surface area contributed by atoms with Gasteiger partial charge in [0.1, 0.15) is 5.75 Å². The first-order valence-corrected chi connectivity index (χ1v) is 12.1. The first-order chi connectivity index (χ1) is 17.1. The van der Waals surface area contributed by atoms with E-state index in [9.17, 15) is 9.18 Å². The molecule has 3 aliphatic rings. The molecule has 2 fully saturated rings. The van der Waals surface area contributed by atoms with Gasteiger partial charge in [-0.05, 0) is 41.3 Å². The van der Waals surface area contributed by atoms with Crippen LogP contribution in [0.3, 0.4) is 0 Å². The van der Waals surface area contributed by atoms with Crippen LogP contribution in [-0.4, -0.2) is 60.0 Å². The van der Waals surface area contributed by atoms with Crippen LogP contribution in [0, 0.1) is 0 Å². The number of halogens is 1. The van der Waals surface area contributed by atoms with Crippen LogP contribution in [-0.2, 0) is 4.74 Å². The van der Waals surface area contributed by atoms with E-state index in [2.05, 4.69) is 20.9 Å². The lowest BCUT2D eigenvalue weighted by Gasteiger charge is -2.26. The zero-order valence-corrected chi connectivity index (χ0v) is 19.6. The van der Waals surface area contributed by atoms with E-state index < -0.39 is 6.36 Å². The van der Waals surface area contributed by atoms with Gasteiger partial charge in [-0.15, -0.1) is 0 Å². The van der Waals surface area contributed by atoms with Gasteiger partial charge in [0.05, 0.1) is 19.3 Å². The van der Waals surface area contributed by atoms with Crippen molar-refractivity contribution in [3.05, 3.63) is 71.5 Å². The summed E-state index contributed by atoms with van der Waals surface area (Å²) in [6.07, 6.45) is 3.08. The number of benzene rings is 2. The Labute approximate surface area is 203 Å². The number of fused-ring (bicyclic) bond motifs is 3. The van der Waals surface area contributed by atoms with Crippen LogP contribution in [0.1, 0.15) is 46.8 Å². The van der Waals surface area contributed by atoms with Crippen molar-refractivity contribution in [3.63, 3.8) is 0 Å². The van der Waals surface area contributed by atoms with Crippen molar-refractivity contribution >= 4 is 11.9 Å². The molecule has 0 aliphatic carbocycles. The van der Waals surface area contributed by atoms with Gasteiger partial charge >= 0.3 is 0 Å². The van der Waals surface area contributed by atoms with Crippen molar-refractivity contribution in [2.75, 3.05) is 37.7 Å².